The highest BCUT2D eigenvalue weighted by Crippen LogP contribution is 2.29. The molecule has 0 saturated carbocycles. The van der Waals surface area contributed by atoms with E-state index in [2.05, 4.69) is 11.4 Å². The molecule has 2 rings (SSSR count). The van der Waals surface area contributed by atoms with Crippen LogP contribution in [0.1, 0.15) is 6.42 Å². The topological polar surface area (TPSA) is 76.4 Å². The molecule has 2 N–H and O–H groups in total. The molecule has 2 unspecified atom stereocenters. The van der Waals surface area contributed by atoms with Crippen molar-refractivity contribution in [2.24, 2.45) is 5.92 Å². The van der Waals surface area contributed by atoms with Gasteiger partial charge in [-0.15, -0.1) is 0 Å². The van der Waals surface area contributed by atoms with Crippen molar-refractivity contribution in [3.05, 3.63) is 23.8 Å². The molecule has 7 heteroatoms. The van der Waals surface area contributed by atoms with E-state index in [-0.39, 0.29) is 11.7 Å². The van der Waals surface area contributed by atoms with E-state index in [1.807, 2.05) is 0 Å². The van der Waals surface area contributed by atoms with E-state index in [0.29, 0.717) is 19.0 Å². The van der Waals surface area contributed by atoms with Gasteiger partial charge >= 0.3 is 0 Å². The Labute approximate surface area is 114 Å². The van der Waals surface area contributed by atoms with Crippen LogP contribution in [0.15, 0.2) is 12.1 Å². The lowest BCUT2D eigenvalue weighted by molar-refractivity contribution is -0.119. The first-order valence-electron chi connectivity index (χ1n) is 6.01. The highest BCUT2D eigenvalue weighted by Gasteiger charge is 2.34. The zero-order valence-electron chi connectivity index (χ0n) is 10.7. The molecule has 2 atom stereocenters. The molecule has 106 valence electrons. The standard InChI is InChI=1S/C13H13F2N3O2/c1-18-6-7(2-9(18)5-16)13(20)17-11-4-8(14)3-10(15)12(11)19/h3-4,7,9,19H,2,6H2,1H3,(H,17,20). The first-order chi connectivity index (χ1) is 9.42. The molecule has 0 spiro atoms. The Morgan fingerprint density at radius 1 is 1.55 bits per heavy atom. The Kier molecular flexibility index (Phi) is 3.86. The fourth-order valence-corrected chi connectivity index (χ4v) is 2.24. The second kappa shape index (κ2) is 5.43. The van der Waals surface area contributed by atoms with Crippen molar-refractivity contribution >= 4 is 11.6 Å². The van der Waals surface area contributed by atoms with E-state index in [1.165, 1.54) is 0 Å². The molecule has 20 heavy (non-hydrogen) atoms. The van der Waals surface area contributed by atoms with Crippen LogP contribution in [-0.4, -0.2) is 35.5 Å². The summed E-state index contributed by atoms with van der Waals surface area (Å²) in [6.07, 6.45) is 0.345. The van der Waals surface area contributed by atoms with Crippen molar-refractivity contribution in [1.29, 1.82) is 5.26 Å². The molecule has 0 radical (unpaired) electrons. The first-order valence-corrected chi connectivity index (χ1v) is 6.01. The van der Waals surface area contributed by atoms with Crippen molar-refractivity contribution in [2.75, 3.05) is 18.9 Å². The molecule has 1 fully saturated rings. The molecule has 1 aliphatic rings. The lowest BCUT2D eigenvalue weighted by Crippen LogP contribution is -2.26. The van der Waals surface area contributed by atoms with Crippen LogP contribution >= 0.6 is 0 Å². The van der Waals surface area contributed by atoms with Gasteiger partial charge in [0.1, 0.15) is 5.82 Å². The van der Waals surface area contributed by atoms with Crippen LogP contribution in [0.2, 0.25) is 0 Å². The van der Waals surface area contributed by atoms with Crippen LogP contribution in [0.5, 0.6) is 5.75 Å². The number of carbonyl (C=O) groups excluding carboxylic acids is 1. The van der Waals surface area contributed by atoms with Gasteiger partial charge in [0.2, 0.25) is 5.91 Å². The minimum atomic E-state index is -1.14. The molecule has 0 aliphatic carbocycles. The predicted molar refractivity (Wildman–Crippen MR) is 66.8 cm³/mol. The molecule has 1 aliphatic heterocycles. The number of nitriles is 1. The van der Waals surface area contributed by atoms with E-state index >= 15 is 0 Å². The highest BCUT2D eigenvalue weighted by molar-refractivity contribution is 5.94. The van der Waals surface area contributed by atoms with Crippen molar-refractivity contribution in [1.82, 2.24) is 4.90 Å². The predicted octanol–water partition coefficient (Wildman–Crippen LogP) is 1.45. The Morgan fingerprint density at radius 3 is 2.85 bits per heavy atom. The molecular formula is C13H13F2N3O2. The normalized spacial score (nSPS) is 22.5. The number of phenols is 1. The van der Waals surface area contributed by atoms with Gasteiger partial charge in [-0.05, 0) is 13.5 Å². The number of likely N-dealkylation sites (tertiary alicyclic amines) is 1. The number of nitrogens with zero attached hydrogens (tertiary/aromatic N) is 2. The summed E-state index contributed by atoms with van der Waals surface area (Å²) in [7, 11) is 1.72. The number of aromatic hydroxyl groups is 1. The summed E-state index contributed by atoms with van der Waals surface area (Å²) < 4.78 is 26.2. The summed E-state index contributed by atoms with van der Waals surface area (Å²) in [5.41, 5.74) is -0.310. The van der Waals surface area contributed by atoms with Crippen LogP contribution in [0.3, 0.4) is 0 Å². The molecule has 1 saturated heterocycles. The van der Waals surface area contributed by atoms with Gasteiger partial charge in [-0.2, -0.15) is 5.26 Å². The maximum Gasteiger partial charge on any atom is 0.228 e. The van der Waals surface area contributed by atoms with Gasteiger partial charge in [-0.25, -0.2) is 8.78 Å². The van der Waals surface area contributed by atoms with Gasteiger partial charge in [0, 0.05) is 18.7 Å². The monoisotopic (exact) mass is 281 g/mol. The Hall–Kier alpha value is -2.20. The Balaban J connectivity index is 2.12. The lowest BCUT2D eigenvalue weighted by atomic mass is 10.1. The van der Waals surface area contributed by atoms with Crippen LogP contribution in [0, 0.1) is 28.9 Å². The van der Waals surface area contributed by atoms with Gasteiger partial charge in [-0.1, -0.05) is 0 Å². The third-order valence-corrected chi connectivity index (χ3v) is 3.35. The maximum absolute atomic E-state index is 13.2. The van der Waals surface area contributed by atoms with E-state index < -0.39 is 29.2 Å². The largest absolute Gasteiger partial charge is 0.503 e. The SMILES string of the molecule is CN1CC(C(=O)Nc2cc(F)cc(F)c2O)CC1C#N. The molecule has 0 aromatic heterocycles. The zero-order chi connectivity index (χ0) is 14.9. The molecule has 5 nitrogen and oxygen atoms in total. The minimum absolute atomic E-state index is 0.310. The van der Waals surface area contributed by atoms with Crippen LogP contribution in [-0.2, 0) is 4.79 Å². The highest BCUT2D eigenvalue weighted by atomic mass is 19.1. The van der Waals surface area contributed by atoms with E-state index in [1.54, 1.807) is 11.9 Å². The number of nitrogens with one attached hydrogen (secondary N) is 1. The number of phenolic OH excluding ortho intramolecular Hbond substituents is 1. The average molecular weight is 281 g/mol. The van der Waals surface area contributed by atoms with Gasteiger partial charge in [0.15, 0.2) is 11.6 Å². The smallest absolute Gasteiger partial charge is 0.228 e. The molecule has 0 bridgehead atoms. The maximum atomic E-state index is 13.2. The second-order valence-electron chi connectivity index (χ2n) is 4.79. The summed E-state index contributed by atoms with van der Waals surface area (Å²) in [6, 6.07) is 3.08. The number of carbonyl (C=O) groups is 1. The van der Waals surface area contributed by atoms with Crippen LogP contribution in [0.25, 0.3) is 0 Å². The van der Waals surface area contributed by atoms with Crippen LogP contribution < -0.4 is 5.32 Å². The summed E-state index contributed by atoms with van der Waals surface area (Å²) >= 11 is 0. The third-order valence-electron chi connectivity index (χ3n) is 3.35. The summed E-state index contributed by atoms with van der Waals surface area (Å²) in [6.45, 7) is 0.378. The van der Waals surface area contributed by atoms with Gasteiger partial charge in [-0.3, -0.25) is 9.69 Å². The molecule has 1 amide bonds. The number of amides is 1. The van der Waals surface area contributed by atoms with Crippen molar-refractivity contribution in [2.45, 2.75) is 12.5 Å². The summed E-state index contributed by atoms with van der Waals surface area (Å²) in [4.78, 5) is 13.7. The van der Waals surface area contributed by atoms with E-state index in [4.69, 9.17) is 5.26 Å². The number of hydrogen-bond acceptors (Lipinski definition) is 4. The Bertz CT molecular complexity index is 586. The van der Waals surface area contributed by atoms with Crippen LogP contribution in [0.4, 0.5) is 14.5 Å². The summed E-state index contributed by atoms with van der Waals surface area (Å²) in [5.74, 6) is -3.78. The quantitative estimate of drug-likeness (QED) is 0.804. The number of anilines is 1. The molecule has 1 aromatic carbocycles. The number of hydrogen-bond donors (Lipinski definition) is 2. The van der Waals surface area contributed by atoms with Crippen molar-refractivity contribution < 1.29 is 18.7 Å². The van der Waals surface area contributed by atoms with Gasteiger partial charge < -0.3 is 10.4 Å². The van der Waals surface area contributed by atoms with Gasteiger partial charge in [0.25, 0.3) is 0 Å². The number of benzene rings is 1. The molecular weight excluding hydrogens is 268 g/mol. The van der Waals surface area contributed by atoms with E-state index in [0.717, 1.165) is 6.07 Å². The lowest BCUT2D eigenvalue weighted by Gasteiger charge is -2.12. The fourth-order valence-electron chi connectivity index (χ4n) is 2.24. The van der Waals surface area contributed by atoms with Crippen molar-refractivity contribution in [3.63, 3.8) is 0 Å². The molecule has 1 aromatic rings. The first kappa shape index (κ1) is 14.2. The van der Waals surface area contributed by atoms with Gasteiger partial charge in [0.05, 0.1) is 23.7 Å². The number of halogens is 2. The summed E-state index contributed by atoms with van der Waals surface area (Å²) in [5, 5.41) is 20.6. The fraction of sp³-hybridized carbons (Fsp3) is 0.385. The zero-order valence-corrected chi connectivity index (χ0v) is 10.7. The minimum Gasteiger partial charge on any atom is -0.503 e. The average Bonchev–Trinajstić information content (AvgIpc) is 2.76. The Morgan fingerprint density at radius 2 is 2.25 bits per heavy atom. The van der Waals surface area contributed by atoms with Crippen molar-refractivity contribution in [3.8, 4) is 11.8 Å². The number of rotatable bonds is 2. The molecule has 1 heterocycles. The second-order valence-corrected chi connectivity index (χ2v) is 4.79. The third kappa shape index (κ3) is 2.70. The van der Waals surface area contributed by atoms with E-state index in [9.17, 15) is 18.7 Å².